The number of rotatable bonds is 7. The van der Waals surface area contributed by atoms with E-state index in [4.69, 9.17) is 19.9 Å². The van der Waals surface area contributed by atoms with Gasteiger partial charge in [0.1, 0.15) is 23.1 Å². The fourth-order valence-corrected chi connectivity index (χ4v) is 9.89. The van der Waals surface area contributed by atoms with Crippen LogP contribution in [0.4, 0.5) is 19.6 Å². The summed E-state index contributed by atoms with van der Waals surface area (Å²) in [6, 6.07) is 2.04. The molecule has 3 N–H and O–H groups in total. The van der Waals surface area contributed by atoms with E-state index in [-0.39, 0.29) is 86.0 Å². The monoisotopic (exact) mass is 727 g/mol. The number of anilines is 2. The number of nitrogens with one attached hydrogen (secondary N) is 1. The number of aromatic nitrogens is 3. The number of nitrogens with zero attached hydrogens (tertiary/aromatic N) is 5. The van der Waals surface area contributed by atoms with Gasteiger partial charge < -0.3 is 30.2 Å². The van der Waals surface area contributed by atoms with Gasteiger partial charge in [-0.15, -0.1) is 0 Å². The van der Waals surface area contributed by atoms with Crippen molar-refractivity contribution in [3.05, 3.63) is 42.6 Å². The lowest BCUT2D eigenvalue weighted by molar-refractivity contribution is -0.117. The molecule has 8 rings (SSSR count). The second-order valence-electron chi connectivity index (χ2n) is 13.2. The largest absolute Gasteiger partial charge is 0.472 e. The van der Waals surface area contributed by atoms with Gasteiger partial charge >= 0.3 is 0 Å². The van der Waals surface area contributed by atoms with E-state index in [1.54, 1.807) is 4.90 Å². The van der Waals surface area contributed by atoms with Crippen molar-refractivity contribution in [2.24, 2.45) is 5.41 Å². The van der Waals surface area contributed by atoms with Gasteiger partial charge in [0.15, 0.2) is 25.7 Å². The summed E-state index contributed by atoms with van der Waals surface area (Å²) in [5, 5.41) is 3.07. The number of nitrogens with two attached hydrogens (primary N) is 1. The summed E-state index contributed by atoms with van der Waals surface area (Å²) < 4.78 is 78.5. The van der Waals surface area contributed by atoms with E-state index in [1.165, 1.54) is 18.3 Å². The van der Waals surface area contributed by atoms with Gasteiger partial charge in [-0.25, -0.2) is 27.2 Å². The Morgan fingerprint density at radius 1 is 1.14 bits per heavy atom. The Balaban J connectivity index is 1.29. The second-order valence-corrected chi connectivity index (χ2v) is 16.2. The molecule has 4 aliphatic rings. The minimum absolute atomic E-state index is 0.110. The van der Waals surface area contributed by atoms with Crippen LogP contribution >= 0.6 is 11.3 Å². The van der Waals surface area contributed by atoms with Crippen LogP contribution in [0.1, 0.15) is 12.8 Å². The summed E-state index contributed by atoms with van der Waals surface area (Å²) in [6.07, 6.45) is 3.38. The number of fused-ring (bicyclic) bond motifs is 3. The molecule has 1 saturated carbocycles. The molecular formula is C33H35F2N7O6S2. The molecule has 1 aromatic carbocycles. The molecule has 0 spiro atoms. The predicted molar refractivity (Wildman–Crippen MR) is 183 cm³/mol. The van der Waals surface area contributed by atoms with Crippen LogP contribution in [0.5, 0.6) is 5.88 Å². The highest BCUT2D eigenvalue weighted by Gasteiger charge is 2.56. The summed E-state index contributed by atoms with van der Waals surface area (Å²) in [7, 11) is -4.04. The van der Waals surface area contributed by atoms with Crippen molar-refractivity contribution in [2.45, 2.75) is 29.9 Å². The third kappa shape index (κ3) is 5.83. The minimum Gasteiger partial charge on any atom is -0.472 e. The molecule has 0 unspecified atom stereocenters. The number of carbonyl (C=O) groups is 1. The normalized spacial score (nSPS) is 23.2. The average Bonchev–Trinajstić information content (AvgIpc) is 3.82. The number of hydrogen-bond acceptors (Lipinski definition) is 13. The van der Waals surface area contributed by atoms with Gasteiger partial charge in [0.25, 0.3) is 0 Å². The highest BCUT2D eigenvalue weighted by Crippen LogP contribution is 2.54. The highest BCUT2D eigenvalue weighted by atomic mass is 32.2. The van der Waals surface area contributed by atoms with Crippen molar-refractivity contribution < 1.29 is 36.2 Å². The highest BCUT2D eigenvalue weighted by molar-refractivity contribution is 7.91. The van der Waals surface area contributed by atoms with E-state index in [9.17, 15) is 17.6 Å². The number of ether oxygens (including phenoxy) is 3. The van der Waals surface area contributed by atoms with Crippen LogP contribution in [0.2, 0.25) is 0 Å². The van der Waals surface area contributed by atoms with E-state index >= 15 is 4.39 Å². The minimum atomic E-state index is -4.04. The molecule has 3 aromatic heterocycles. The van der Waals surface area contributed by atoms with Gasteiger partial charge in [-0.3, -0.25) is 14.7 Å². The van der Waals surface area contributed by atoms with Gasteiger partial charge in [0.2, 0.25) is 11.8 Å². The topological polar surface area (TPSA) is 162 Å². The lowest BCUT2D eigenvalue weighted by atomic mass is 9.99. The lowest BCUT2D eigenvalue weighted by Gasteiger charge is -2.37. The first-order valence-electron chi connectivity index (χ1n) is 16.4. The van der Waals surface area contributed by atoms with Gasteiger partial charge in [-0.2, -0.15) is 0 Å². The number of carbonyl (C=O) groups excluding carboxylic acids is 1. The fourth-order valence-electron chi connectivity index (χ4n) is 7.24. The molecule has 13 nitrogen and oxygen atoms in total. The maximum absolute atomic E-state index is 16.9. The third-order valence-corrected chi connectivity index (χ3v) is 12.5. The van der Waals surface area contributed by atoms with Crippen LogP contribution in [0.15, 0.2) is 35.9 Å². The Kier molecular flexibility index (Phi) is 8.37. The quantitative estimate of drug-likeness (QED) is 0.268. The number of pyridine rings is 2. The molecule has 3 fully saturated rings. The van der Waals surface area contributed by atoms with Crippen molar-refractivity contribution in [1.29, 1.82) is 0 Å². The van der Waals surface area contributed by atoms with Gasteiger partial charge in [-0.1, -0.05) is 17.9 Å². The van der Waals surface area contributed by atoms with E-state index in [0.717, 1.165) is 43.3 Å². The fraction of sp³-hybridized carbons (Fsp3) is 0.455. The number of amides is 1. The van der Waals surface area contributed by atoms with Crippen LogP contribution in [-0.4, -0.2) is 111 Å². The zero-order valence-electron chi connectivity index (χ0n) is 27.0. The predicted octanol–water partition coefficient (Wildman–Crippen LogP) is 2.92. The SMILES string of the molecule is C=CC(=O)N[C@@H]1COCCN(c2c3c(nc4c(F)c(-c5ccc(F)c6sc(N)nc56)ncc24)O[C@@H](C2(CN4CCOCC4)CC2)CS3(=O)=O)C1. The Morgan fingerprint density at radius 3 is 2.68 bits per heavy atom. The van der Waals surface area contributed by atoms with Crippen LogP contribution < -0.4 is 20.7 Å². The smallest absolute Gasteiger partial charge is 0.243 e. The average molecular weight is 728 g/mol. The van der Waals surface area contributed by atoms with Crippen molar-refractivity contribution in [3.8, 4) is 17.1 Å². The molecule has 0 bridgehead atoms. The van der Waals surface area contributed by atoms with Gasteiger partial charge in [0, 0.05) is 55.3 Å². The third-order valence-electron chi connectivity index (χ3n) is 9.91. The van der Waals surface area contributed by atoms with Crippen molar-refractivity contribution in [3.63, 3.8) is 0 Å². The summed E-state index contributed by atoms with van der Waals surface area (Å²) >= 11 is 0.939. The first-order valence-corrected chi connectivity index (χ1v) is 18.9. The molecule has 2 atom stereocenters. The van der Waals surface area contributed by atoms with Crippen molar-refractivity contribution >= 4 is 59.0 Å². The molecule has 4 aromatic rings. The van der Waals surface area contributed by atoms with Gasteiger partial charge in [0.05, 0.1) is 54.1 Å². The van der Waals surface area contributed by atoms with Crippen LogP contribution in [0, 0.1) is 17.0 Å². The van der Waals surface area contributed by atoms with E-state index in [2.05, 4.69) is 31.7 Å². The maximum atomic E-state index is 16.9. The molecule has 0 radical (unpaired) electrons. The summed E-state index contributed by atoms with van der Waals surface area (Å²) in [5.41, 5.74) is 5.71. The summed E-state index contributed by atoms with van der Waals surface area (Å²) in [6.45, 7) is 7.63. The van der Waals surface area contributed by atoms with Crippen molar-refractivity contribution in [1.82, 2.24) is 25.2 Å². The first-order chi connectivity index (χ1) is 24.1. The lowest BCUT2D eigenvalue weighted by Crippen LogP contribution is -2.48. The standard InChI is InChI=1S/C33H35F2N7O6S2/c1-2-23(43)38-18-14-42(9-12-47-15-18)28-20-13-37-25(19-3-4-21(34)29-27(19)40-32(36)49-29)24(35)26(20)39-31-30(28)50(44,45)16-22(48-31)33(5-6-33)17-41-7-10-46-11-8-41/h2-4,13,18,22H,1,5-12,14-17H2,(H2,36,40)(H,38,43)/t18-,22+/m0/s1. The Hall–Kier alpha value is -4.03. The molecule has 1 aliphatic carbocycles. The molecular weight excluding hydrogens is 693 g/mol. The van der Waals surface area contributed by atoms with E-state index in [0.29, 0.717) is 19.8 Å². The van der Waals surface area contributed by atoms with Gasteiger partial charge in [-0.05, 0) is 31.1 Å². The maximum Gasteiger partial charge on any atom is 0.243 e. The molecule has 264 valence electrons. The molecule has 50 heavy (non-hydrogen) atoms. The Labute approximate surface area is 290 Å². The second kappa shape index (κ2) is 12.6. The molecule has 3 aliphatic heterocycles. The van der Waals surface area contributed by atoms with Crippen LogP contribution in [0.25, 0.3) is 32.4 Å². The Bertz CT molecular complexity index is 2140. The molecule has 6 heterocycles. The molecule has 1 amide bonds. The number of thiazole rings is 1. The summed E-state index contributed by atoms with van der Waals surface area (Å²) in [4.78, 5) is 29.4. The number of morpholine rings is 1. The molecule has 2 saturated heterocycles. The summed E-state index contributed by atoms with van der Waals surface area (Å²) in [5.74, 6) is -2.27. The zero-order valence-corrected chi connectivity index (χ0v) is 28.6. The number of hydrogen-bond donors (Lipinski definition) is 2. The molecule has 17 heteroatoms. The van der Waals surface area contributed by atoms with E-state index < -0.39 is 44.9 Å². The number of benzene rings is 1. The number of nitrogen functional groups attached to an aromatic ring is 1. The van der Waals surface area contributed by atoms with Crippen molar-refractivity contribution in [2.75, 3.05) is 75.5 Å². The van der Waals surface area contributed by atoms with Crippen LogP contribution in [0.3, 0.4) is 0 Å². The number of halogens is 2. The number of sulfone groups is 1. The Morgan fingerprint density at radius 2 is 1.92 bits per heavy atom. The van der Waals surface area contributed by atoms with Crippen LogP contribution in [-0.2, 0) is 24.1 Å². The zero-order chi connectivity index (χ0) is 34.8. The van der Waals surface area contributed by atoms with E-state index in [1.807, 2.05) is 0 Å². The first kappa shape index (κ1) is 33.1.